The van der Waals surface area contributed by atoms with Crippen molar-refractivity contribution in [1.29, 1.82) is 0 Å². The van der Waals surface area contributed by atoms with Gasteiger partial charge < -0.3 is 14.7 Å². The van der Waals surface area contributed by atoms with Crippen LogP contribution in [0.1, 0.15) is 44.1 Å². The molecule has 0 spiro atoms. The van der Waals surface area contributed by atoms with Gasteiger partial charge in [0.25, 0.3) is 0 Å². The van der Waals surface area contributed by atoms with Crippen molar-refractivity contribution in [2.45, 2.75) is 38.5 Å². The van der Waals surface area contributed by atoms with Gasteiger partial charge in [-0.05, 0) is 43.4 Å². The smallest absolute Gasteiger partial charge is 0.230 e. The molecule has 0 saturated carbocycles. The first-order valence-corrected chi connectivity index (χ1v) is 10.9. The molecule has 3 heterocycles. The average Bonchev–Trinajstić information content (AvgIpc) is 2.81. The zero-order valence-corrected chi connectivity index (χ0v) is 17.3. The first-order valence-electron chi connectivity index (χ1n) is 10.9. The number of anilines is 2. The van der Waals surface area contributed by atoms with Crippen molar-refractivity contribution in [3.8, 4) is 0 Å². The van der Waals surface area contributed by atoms with E-state index in [4.69, 9.17) is 0 Å². The van der Waals surface area contributed by atoms with Crippen LogP contribution in [0.5, 0.6) is 0 Å². The summed E-state index contributed by atoms with van der Waals surface area (Å²) < 4.78 is 0. The molecule has 2 saturated heterocycles. The molecule has 1 amide bonds. The molecule has 2 aliphatic rings. The van der Waals surface area contributed by atoms with Gasteiger partial charge in [0.05, 0.1) is 5.92 Å². The Morgan fingerprint density at radius 2 is 1.41 bits per heavy atom. The molecule has 6 heteroatoms. The van der Waals surface area contributed by atoms with Gasteiger partial charge in [0.1, 0.15) is 0 Å². The molecule has 2 aromatic rings. The summed E-state index contributed by atoms with van der Waals surface area (Å²) in [6.07, 6.45) is 4.61. The highest BCUT2D eigenvalue weighted by atomic mass is 16.2. The van der Waals surface area contributed by atoms with E-state index in [0.717, 1.165) is 62.9 Å². The molecule has 1 aromatic carbocycles. The van der Waals surface area contributed by atoms with Crippen LogP contribution in [-0.2, 0) is 4.79 Å². The number of piperazine rings is 1. The number of carbonyl (C=O) groups excluding carboxylic acids is 1. The van der Waals surface area contributed by atoms with Gasteiger partial charge in [-0.3, -0.25) is 4.79 Å². The van der Waals surface area contributed by atoms with Crippen molar-refractivity contribution in [3.63, 3.8) is 0 Å². The Labute approximate surface area is 173 Å². The van der Waals surface area contributed by atoms with Crippen molar-refractivity contribution in [3.05, 3.63) is 48.0 Å². The zero-order valence-electron chi connectivity index (χ0n) is 17.3. The van der Waals surface area contributed by atoms with Crippen LogP contribution >= 0.6 is 0 Å². The maximum Gasteiger partial charge on any atom is 0.230 e. The summed E-state index contributed by atoms with van der Waals surface area (Å²) in [5, 5.41) is 8.94. The number of rotatable bonds is 5. The Hall–Kier alpha value is -2.63. The van der Waals surface area contributed by atoms with Gasteiger partial charge in [-0.1, -0.05) is 37.3 Å². The molecule has 0 aliphatic carbocycles. The third-order valence-electron chi connectivity index (χ3n) is 6.14. The summed E-state index contributed by atoms with van der Waals surface area (Å²) in [6, 6.07) is 14.3. The summed E-state index contributed by atoms with van der Waals surface area (Å²) in [4.78, 5) is 19.6. The minimum absolute atomic E-state index is 0.0497. The molecule has 1 atom stereocenters. The first-order chi connectivity index (χ1) is 14.3. The molecule has 0 radical (unpaired) electrons. The quantitative estimate of drug-likeness (QED) is 0.780. The van der Waals surface area contributed by atoms with Crippen molar-refractivity contribution >= 4 is 17.5 Å². The van der Waals surface area contributed by atoms with Crippen molar-refractivity contribution in [2.24, 2.45) is 0 Å². The standard InChI is InChI=1S/C23H31N5O/c1-2-20(19-9-5-3-6-10-19)23(29)28-17-15-27(16-18-28)22-12-11-21(24-25-22)26-13-7-4-8-14-26/h3,5-6,9-12,20H,2,4,7-8,13-18H2,1H3. The molecule has 6 nitrogen and oxygen atoms in total. The predicted molar refractivity (Wildman–Crippen MR) is 116 cm³/mol. The van der Waals surface area contributed by atoms with Gasteiger partial charge in [-0.15, -0.1) is 10.2 Å². The van der Waals surface area contributed by atoms with E-state index in [1.165, 1.54) is 19.3 Å². The van der Waals surface area contributed by atoms with Gasteiger partial charge in [-0.2, -0.15) is 0 Å². The second-order valence-corrected chi connectivity index (χ2v) is 7.98. The van der Waals surface area contributed by atoms with Crippen LogP contribution < -0.4 is 9.80 Å². The lowest BCUT2D eigenvalue weighted by molar-refractivity contribution is -0.133. The third-order valence-corrected chi connectivity index (χ3v) is 6.14. The molecule has 0 bridgehead atoms. The number of amides is 1. The summed E-state index contributed by atoms with van der Waals surface area (Å²) in [5.41, 5.74) is 1.11. The average molecular weight is 394 g/mol. The summed E-state index contributed by atoms with van der Waals surface area (Å²) >= 11 is 0. The highest BCUT2D eigenvalue weighted by molar-refractivity contribution is 5.84. The number of carbonyl (C=O) groups is 1. The number of hydrogen-bond acceptors (Lipinski definition) is 5. The molecule has 0 N–H and O–H groups in total. The number of nitrogens with zero attached hydrogens (tertiary/aromatic N) is 5. The summed E-state index contributed by atoms with van der Waals surface area (Å²) in [7, 11) is 0. The van der Waals surface area contributed by atoms with Gasteiger partial charge in [0.15, 0.2) is 11.6 Å². The number of hydrogen-bond donors (Lipinski definition) is 0. The van der Waals surface area contributed by atoms with Crippen LogP contribution in [-0.4, -0.2) is 60.3 Å². The van der Waals surface area contributed by atoms with Crippen LogP contribution in [0.2, 0.25) is 0 Å². The van der Waals surface area contributed by atoms with Crippen LogP contribution in [0.4, 0.5) is 11.6 Å². The fraction of sp³-hybridized carbons (Fsp3) is 0.522. The third kappa shape index (κ3) is 4.52. The topological polar surface area (TPSA) is 52.6 Å². The van der Waals surface area contributed by atoms with Crippen molar-refractivity contribution in [1.82, 2.24) is 15.1 Å². The normalized spacial score (nSPS) is 18.6. The molecule has 29 heavy (non-hydrogen) atoms. The second kappa shape index (κ2) is 9.25. The van der Waals surface area contributed by atoms with E-state index >= 15 is 0 Å². The molecular weight excluding hydrogens is 362 g/mol. The molecule has 4 rings (SSSR count). The number of benzene rings is 1. The van der Waals surface area contributed by atoms with Gasteiger partial charge in [0, 0.05) is 39.3 Å². The highest BCUT2D eigenvalue weighted by Crippen LogP contribution is 2.24. The summed E-state index contributed by atoms with van der Waals surface area (Å²) in [5.74, 6) is 2.08. The van der Waals surface area contributed by atoms with E-state index in [-0.39, 0.29) is 11.8 Å². The van der Waals surface area contributed by atoms with Gasteiger partial charge in [0.2, 0.25) is 5.91 Å². The van der Waals surface area contributed by atoms with E-state index in [0.29, 0.717) is 0 Å². The monoisotopic (exact) mass is 393 g/mol. The first kappa shape index (κ1) is 19.7. The Morgan fingerprint density at radius 1 is 0.828 bits per heavy atom. The maximum absolute atomic E-state index is 13.1. The fourth-order valence-corrected chi connectivity index (χ4v) is 4.39. The van der Waals surface area contributed by atoms with E-state index in [1.54, 1.807) is 0 Å². The Bertz CT molecular complexity index is 781. The SMILES string of the molecule is CCC(C(=O)N1CCN(c2ccc(N3CCCCC3)nn2)CC1)c1ccccc1. The highest BCUT2D eigenvalue weighted by Gasteiger charge is 2.28. The lowest BCUT2D eigenvalue weighted by Gasteiger charge is -2.37. The lowest BCUT2D eigenvalue weighted by atomic mass is 9.95. The van der Waals surface area contributed by atoms with E-state index in [1.807, 2.05) is 23.1 Å². The maximum atomic E-state index is 13.1. The van der Waals surface area contributed by atoms with E-state index in [2.05, 4.69) is 51.2 Å². The number of piperidine rings is 1. The fourth-order valence-electron chi connectivity index (χ4n) is 4.39. The van der Waals surface area contributed by atoms with Crippen LogP contribution in [0.25, 0.3) is 0 Å². The Kier molecular flexibility index (Phi) is 6.27. The van der Waals surface area contributed by atoms with Crippen LogP contribution in [0.15, 0.2) is 42.5 Å². The Morgan fingerprint density at radius 3 is 1.97 bits per heavy atom. The minimum Gasteiger partial charge on any atom is -0.355 e. The molecule has 2 aliphatic heterocycles. The van der Waals surface area contributed by atoms with Gasteiger partial charge in [-0.25, -0.2) is 0 Å². The molecule has 1 unspecified atom stereocenters. The minimum atomic E-state index is -0.0497. The van der Waals surface area contributed by atoms with E-state index < -0.39 is 0 Å². The lowest BCUT2D eigenvalue weighted by Crippen LogP contribution is -2.50. The van der Waals surface area contributed by atoms with E-state index in [9.17, 15) is 4.79 Å². The van der Waals surface area contributed by atoms with Crippen molar-refractivity contribution < 1.29 is 4.79 Å². The van der Waals surface area contributed by atoms with Crippen LogP contribution in [0.3, 0.4) is 0 Å². The predicted octanol–water partition coefficient (Wildman–Crippen LogP) is 3.31. The van der Waals surface area contributed by atoms with Gasteiger partial charge >= 0.3 is 0 Å². The Balaban J connectivity index is 1.34. The van der Waals surface area contributed by atoms with Crippen LogP contribution in [0, 0.1) is 0 Å². The second-order valence-electron chi connectivity index (χ2n) is 7.98. The number of aromatic nitrogens is 2. The molecular formula is C23H31N5O. The molecule has 2 fully saturated rings. The summed E-state index contributed by atoms with van der Waals surface area (Å²) in [6.45, 7) is 7.31. The van der Waals surface area contributed by atoms with Crippen molar-refractivity contribution in [2.75, 3.05) is 49.1 Å². The zero-order chi connectivity index (χ0) is 20.1. The molecule has 1 aromatic heterocycles. The molecule has 154 valence electrons. The largest absolute Gasteiger partial charge is 0.355 e.